The maximum absolute atomic E-state index is 13.5. The monoisotopic (exact) mass is 432 g/mol. The molecule has 1 aliphatic heterocycles. The highest BCUT2D eigenvalue weighted by atomic mass is 19.4. The Bertz CT molecular complexity index is 1070. The van der Waals surface area contributed by atoms with E-state index in [4.69, 9.17) is 0 Å². The number of carbonyl (C=O) groups is 1. The van der Waals surface area contributed by atoms with Gasteiger partial charge in [0.1, 0.15) is 5.75 Å². The smallest absolute Gasteiger partial charge is 0.449 e. The number of rotatable bonds is 5. The van der Waals surface area contributed by atoms with Crippen molar-refractivity contribution in [2.75, 3.05) is 25.0 Å². The third kappa shape index (κ3) is 4.82. The fraction of sp³-hybridized carbons (Fsp3) is 0.364. The van der Waals surface area contributed by atoms with Crippen molar-refractivity contribution in [2.45, 2.75) is 25.6 Å². The summed E-state index contributed by atoms with van der Waals surface area (Å²) in [5.41, 5.74) is 1.18. The van der Waals surface area contributed by atoms with E-state index in [1.807, 2.05) is 4.90 Å². The van der Waals surface area contributed by atoms with Crippen molar-refractivity contribution in [1.82, 2.24) is 14.5 Å². The lowest BCUT2D eigenvalue weighted by atomic mass is 9.96. The van der Waals surface area contributed by atoms with E-state index in [1.165, 1.54) is 10.6 Å². The number of carbonyl (C=O) groups excluding carboxylic acids is 1. The molecule has 1 aliphatic rings. The van der Waals surface area contributed by atoms with Gasteiger partial charge < -0.3 is 15.0 Å². The van der Waals surface area contributed by atoms with E-state index < -0.39 is 12.0 Å². The minimum atomic E-state index is -4.51. The Morgan fingerprint density at radius 1 is 1.10 bits per heavy atom. The number of phenols is 1. The molecule has 0 unspecified atom stereocenters. The van der Waals surface area contributed by atoms with Gasteiger partial charge >= 0.3 is 6.18 Å². The fourth-order valence-corrected chi connectivity index (χ4v) is 4.03. The van der Waals surface area contributed by atoms with Crippen LogP contribution in [0.25, 0.3) is 11.0 Å². The number of hydrogen-bond acceptors (Lipinski definition) is 4. The molecule has 0 saturated carbocycles. The number of aromatic hydroxyl groups is 1. The van der Waals surface area contributed by atoms with Crippen LogP contribution in [0, 0.1) is 5.92 Å². The Morgan fingerprint density at radius 2 is 1.77 bits per heavy atom. The zero-order valence-corrected chi connectivity index (χ0v) is 16.8. The lowest BCUT2D eigenvalue weighted by Crippen LogP contribution is -2.40. The third-order valence-corrected chi connectivity index (χ3v) is 5.60. The summed E-state index contributed by atoms with van der Waals surface area (Å²) in [5, 5.41) is 12.4. The number of hydrogen-bond donors (Lipinski definition) is 2. The van der Waals surface area contributed by atoms with Gasteiger partial charge in [0.15, 0.2) is 0 Å². The molecule has 4 rings (SSSR count). The molecule has 9 heteroatoms. The highest BCUT2D eigenvalue weighted by Gasteiger charge is 2.38. The molecule has 2 N–H and O–H groups in total. The molecule has 164 valence electrons. The quantitative estimate of drug-likeness (QED) is 0.596. The van der Waals surface area contributed by atoms with Crippen LogP contribution in [-0.4, -0.2) is 45.1 Å². The highest BCUT2D eigenvalue weighted by molar-refractivity contribution is 5.93. The summed E-state index contributed by atoms with van der Waals surface area (Å²) in [6, 6.07) is 13.1. The summed E-state index contributed by atoms with van der Waals surface area (Å²) in [4.78, 5) is 18.1. The van der Waals surface area contributed by atoms with Gasteiger partial charge in [-0.2, -0.15) is 13.2 Å². The molecule has 2 heterocycles. The number of phenolic OH excluding ortho intramolecular Hbond substituents is 1. The third-order valence-electron chi connectivity index (χ3n) is 5.60. The topological polar surface area (TPSA) is 70.4 Å². The fourth-order valence-electron chi connectivity index (χ4n) is 4.03. The van der Waals surface area contributed by atoms with Crippen molar-refractivity contribution in [1.29, 1.82) is 0 Å². The minimum absolute atomic E-state index is 0.00239. The number of aromatic nitrogens is 2. The molecule has 0 atom stereocenters. The minimum Gasteiger partial charge on any atom is -0.506 e. The summed E-state index contributed by atoms with van der Waals surface area (Å²) in [5.74, 6) is -1.03. The van der Waals surface area contributed by atoms with Gasteiger partial charge in [0.25, 0.3) is 0 Å². The van der Waals surface area contributed by atoms with Gasteiger partial charge in [-0.1, -0.05) is 24.3 Å². The van der Waals surface area contributed by atoms with Gasteiger partial charge in [-0.15, -0.1) is 0 Å². The first-order valence-corrected chi connectivity index (χ1v) is 10.1. The van der Waals surface area contributed by atoms with Crippen molar-refractivity contribution in [3.63, 3.8) is 0 Å². The van der Waals surface area contributed by atoms with Crippen LogP contribution in [0.5, 0.6) is 5.75 Å². The Balaban J connectivity index is 1.37. The Morgan fingerprint density at radius 3 is 2.48 bits per heavy atom. The maximum atomic E-state index is 13.5. The highest BCUT2D eigenvalue weighted by Crippen LogP contribution is 2.33. The molecule has 1 saturated heterocycles. The number of nitrogens with zero attached hydrogens (tertiary/aromatic N) is 3. The number of amides is 1. The molecular weight excluding hydrogens is 409 g/mol. The van der Waals surface area contributed by atoms with Crippen molar-refractivity contribution in [3.8, 4) is 5.75 Å². The molecule has 1 aromatic heterocycles. The van der Waals surface area contributed by atoms with Crippen LogP contribution in [-0.2, 0) is 17.5 Å². The second kappa shape index (κ2) is 8.58. The van der Waals surface area contributed by atoms with Crippen molar-refractivity contribution in [2.24, 2.45) is 5.92 Å². The molecular formula is C22H23F3N4O2. The zero-order chi connectivity index (χ0) is 22.0. The second-order valence-electron chi connectivity index (χ2n) is 7.82. The summed E-state index contributed by atoms with van der Waals surface area (Å²) in [6.07, 6.45) is -3.14. The van der Waals surface area contributed by atoms with Crippen molar-refractivity contribution in [3.05, 3.63) is 54.4 Å². The van der Waals surface area contributed by atoms with Crippen LogP contribution in [0.15, 0.2) is 48.5 Å². The van der Waals surface area contributed by atoms with E-state index in [0.717, 1.165) is 0 Å². The molecule has 0 spiro atoms. The Kier molecular flexibility index (Phi) is 5.86. The predicted molar refractivity (Wildman–Crippen MR) is 111 cm³/mol. The molecule has 0 radical (unpaired) electrons. The van der Waals surface area contributed by atoms with Gasteiger partial charge in [-0.25, -0.2) is 4.98 Å². The van der Waals surface area contributed by atoms with Crippen molar-refractivity contribution < 1.29 is 23.1 Å². The number of piperidine rings is 1. The van der Waals surface area contributed by atoms with Crippen LogP contribution >= 0.6 is 0 Å². The van der Waals surface area contributed by atoms with Crippen molar-refractivity contribution >= 4 is 22.6 Å². The molecule has 2 aromatic carbocycles. The first kappa shape index (κ1) is 21.2. The first-order valence-electron chi connectivity index (χ1n) is 10.1. The molecule has 0 aliphatic carbocycles. The molecule has 0 bridgehead atoms. The Labute approximate surface area is 177 Å². The van der Waals surface area contributed by atoms with Crippen LogP contribution in [0.2, 0.25) is 0 Å². The summed E-state index contributed by atoms with van der Waals surface area (Å²) >= 11 is 0. The van der Waals surface area contributed by atoms with Crippen LogP contribution < -0.4 is 5.32 Å². The zero-order valence-electron chi connectivity index (χ0n) is 16.8. The molecule has 1 fully saturated rings. The number of nitrogens with one attached hydrogen (secondary N) is 1. The molecule has 1 amide bonds. The van der Waals surface area contributed by atoms with E-state index >= 15 is 0 Å². The van der Waals surface area contributed by atoms with Gasteiger partial charge in [-0.3, -0.25) is 9.69 Å². The van der Waals surface area contributed by atoms with Gasteiger partial charge in [-0.05, 0) is 56.1 Å². The molecule has 3 aromatic rings. The van der Waals surface area contributed by atoms with Crippen LogP contribution in [0.4, 0.5) is 18.9 Å². The van der Waals surface area contributed by atoms with E-state index in [2.05, 4.69) is 10.3 Å². The van der Waals surface area contributed by atoms with Crippen LogP contribution in [0.3, 0.4) is 0 Å². The van der Waals surface area contributed by atoms with Gasteiger partial charge in [0.05, 0.1) is 23.3 Å². The number of imidazole rings is 1. The average molecular weight is 432 g/mol. The Hall–Kier alpha value is -3.07. The summed E-state index contributed by atoms with van der Waals surface area (Å²) < 4.78 is 41.8. The number of benzene rings is 2. The predicted octanol–water partition coefficient (Wildman–Crippen LogP) is 4.11. The van der Waals surface area contributed by atoms with E-state index in [1.54, 1.807) is 42.5 Å². The lowest BCUT2D eigenvalue weighted by Gasteiger charge is -2.32. The summed E-state index contributed by atoms with van der Waals surface area (Å²) in [6.45, 7) is 1.65. The largest absolute Gasteiger partial charge is 0.506 e. The number of fused-ring (bicyclic) bond motifs is 1. The van der Waals surface area contributed by atoms with Gasteiger partial charge in [0, 0.05) is 6.54 Å². The number of para-hydroxylation sites is 4. The van der Waals surface area contributed by atoms with E-state index in [0.29, 0.717) is 42.7 Å². The van der Waals surface area contributed by atoms with Gasteiger partial charge in [0.2, 0.25) is 11.7 Å². The number of alkyl halides is 3. The van der Waals surface area contributed by atoms with E-state index in [-0.39, 0.29) is 30.7 Å². The second-order valence-corrected chi connectivity index (χ2v) is 7.82. The average Bonchev–Trinajstić information content (AvgIpc) is 3.10. The number of likely N-dealkylation sites (tertiary alicyclic amines) is 1. The molecule has 6 nitrogen and oxygen atoms in total. The molecule has 31 heavy (non-hydrogen) atoms. The van der Waals surface area contributed by atoms with Crippen LogP contribution in [0.1, 0.15) is 18.7 Å². The number of halogens is 3. The normalized spacial score (nSPS) is 16.0. The SMILES string of the molecule is O=C(CN1CCC(Cn2c(C(F)(F)F)nc3ccccc32)CC1)Nc1ccccc1O. The number of anilines is 1. The maximum Gasteiger partial charge on any atom is 0.449 e. The first-order chi connectivity index (χ1) is 14.8. The standard InChI is InChI=1S/C22H23F3N4O2/c23-22(24,25)21-27-16-5-1-3-7-18(16)29(21)13-15-9-11-28(12-10-15)14-20(31)26-17-6-2-4-8-19(17)30/h1-8,15,30H,9-14H2,(H,26,31). The lowest BCUT2D eigenvalue weighted by molar-refractivity contribution is -0.147. The van der Waals surface area contributed by atoms with E-state index in [9.17, 15) is 23.1 Å². The summed E-state index contributed by atoms with van der Waals surface area (Å²) in [7, 11) is 0.